The number of nitrogens with zero attached hydrogens (tertiary/aromatic N) is 6. The summed E-state index contributed by atoms with van der Waals surface area (Å²) in [7, 11) is 1.83. The fraction of sp³-hybridized carbons (Fsp3) is 0.0909. The molecule has 0 spiro atoms. The SMILES string of the molecule is Cn1cc(-n2nnnc2-c2ccc(N)c(Cl)c2)cn1. The summed E-state index contributed by atoms with van der Waals surface area (Å²) in [6.07, 6.45) is 3.50. The molecule has 8 heteroatoms. The van der Waals surface area contributed by atoms with Gasteiger partial charge in [-0.05, 0) is 28.6 Å². The largest absolute Gasteiger partial charge is 0.398 e. The van der Waals surface area contributed by atoms with Gasteiger partial charge in [0.2, 0.25) is 0 Å². The van der Waals surface area contributed by atoms with E-state index in [4.69, 9.17) is 17.3 Å². The van der Waals surface area contributed by atoms with Crippen molar-refractivity contribution in [1.82, 2.24) is 30.0 Å². The molecule has 0 aliphatic carbocycles. The average molecular weight is 276 g/mol. The Morgan fingerprint density at radius 2 is 2.16 bits per heavy atom. The van der Waals surface area contributed by atoms with Crippen LogP contribution in [0.2, 0.25) is 5.02 Å². The van der Waals surface area contributed by atoms with Gasteiger partial charge in [0.15, 0.2) is 5.82 Å². The third-order valence-electron chi connectivity index (χ3n) is 2.66. The van der Waals surface area contributed by atoms with E-state index in [1.807, 2.05) is 19.3 Å². The molecule has 0 saturated heterocycles. The van der Waals surface area contributed by atoms with E-state index in [9.17, 15) is 0 Å². The van der Waals surface area contributed by atoms with Crippen LogP contribution in [0.4, 0.5) is 5.69 Å². The molecule has 3 aromatic rings. The van der Waals surface area contributed by atoms with Crippen molar-refractivity contribution < 1.29 is 0 Å². The Balaban J connectivity index is 2.11. The molecule has 2 N–H and O–H groups in total. The summed E-state index contributed by atoms with van der Waals surface area (Å²) in [4.78, 5) is 0. The zero-order chi connectivity index (χ0) is 13.4. The van der Waals surface area contributed by atoms with Crippen LogP contribution in [0, 0.1) is 0 Å². The van der Waals surface area contributed by atoms with E-state index in [2.05, 4.69) is 20.6 Å². The molecule has 7 nitrogen and oxygen atoms in total. The number of anilines is 1. The molecule has 96 valence electrons. The molecule has 0 amide bonds. The number of nitrogens with two attached hydrogens (primary N) is 1. The van der Waals surface area contributed by atoms with E-state index in [0.29, 0.717) is 16.5 Å². The molecule has 1 aromatic carbocycles. The van der Waals surface area contributed by atoms with E-state index in [1.165, 1.54) is 0 Å². The number of nitrogen functional groups attached to an aromatic ring is 1. The molecule has 0 atom stereocenters. The molecule has 0 fully saturated rings. The fourth-order valence-corrected chi connectivity index (χ4v) is 1.91. The van der Waals surface area contributed by atoms with Crippen molar-refractivity contribution in [2.24, 2.45) is 7.05 Å². The third kappa shape index (κ3) is 2.04. The molecule has 0 unspecified atom stereocenters. The van der Waals surface area contributed by atoms with Crippen molar-refractivity contribution >= 4 is 17.3 Å². The Morgan fingerprint density at radius 3 is 2.84 bits per heavy atom. The van der Waals surface area contributed by atoms with E-state index >= 15 is 0 Å². The highest BCUT2D eigenvalue weighted by atomic mass is 35.5. The molecule has 0 saturated carbocycles. The first-order valence-electron chi connectivity index (χ1n) is 5.48. The van der Waals surface area contributed by atoms with Gasteiger partial charge in [0.25, 0.3) is 0 Å². The second-order valence-corrected chi connectivity index (χ2v) is 4.43. The minimum Gasteiger partial charge on any atom is -0.398 e. The van der Waals surface area contributed by atoms with Crippen LogP contribution in [-0.4, -0.2) is 30.0 Å². The Kier molecular flexibility index (Phi) is 2.68. The Hall–Kier alpha value is -2.41. The number of halogens is 1. The number of benzene rings is 1. The number of rotatable bonds is 2. The third-order valence-corrected chi connectivity index (χ3v) is 2.99. The molecular formula is C11H10ClN7. The first-order valence-corrected chi connectivity index (χ1v) is 5.86. The summed E-state index contributed by atoms with van der Waals surface area (Å²) in [5, 5.41) is 16.2. The number of hydrogen-bond donors (Lipinski definition) is 1. The predicted octanol–water partition coefficient (Wildman–Crippen LogP) is 1.30. The van der Waals surface area contributed by atoms with Crippen LogP contribution in [0.1, 0.15) is 0 Å². The monoisotopic (exact) mass is 275 g/mol. The first kappa shape index (κ1) is 11.7. The van der Waals surface area contributed by atoms with Gasteiger partial charge in [0.1, 0.15) is 5.69 Å². The van der Waals surface area contributed by atoms with Crippen molar-refractivity contribution in [3.63, 3.8) is 0 Å². The second-order valence-electron chi connectivity index (χ2n) is 4.02. The maximum atomic E-state index is 6.01. The fourth-order valence-electron chi connectivity index (χ4n) is 1.72. The van der Waals surface area contributed by atoms with Gasteiger partial charge in [0, 0.05) is 12.6 Å². The maximum Gasteiger partial charge on any atom is 0.187 e. The second kappa shape index (κ2) is 4.36. The summed E-state index contributed by atoms with van der Waals surface area (Å²) in [6, 6.07) is 5.27. The standard InChI is InChI=1S/C11H10ClN7/c1-18-6-8(5-14-18)19-11(15-16-17-19)7-2-3-10(13)9(12)4-7/h2-6H,13H2,1H3. The normalized spacial score (nSPS) is 10.8. The lowest BCUT2D eigenvalue weighted by atomic mass is 10.2. The summed E-state index contributed by atoms with van der Waals surface area (Å²) in [6.45, 7) is 0. The number of hydrogen-bond acceptors (Lipinski definition) is 5. The lowest BCUT2D eigenvalue weighted by molar-refractivity contribution is 0.762. The molecule has 2 heterocycles. The molecule has 19 heavy (non-hydrogen) atoms. The van der Waals surface area contributed by atoms with Gasteiger partial charge >= 0.3 is 0 Å². The molecule has 0 radical (unpaired) electrons. The smallest absolute Gasteiger partial charge is 0.187 e. The Bertz CT molecular complexity index is 730. The highest BCUT2D eigenvalue weighted by Gasteiger charge is 2.12. The molecule has 3 rings (SSSR count). The quantitative estimate of drug-likeness (QED) is 0.712. The van der Waals surface area contributed by atoms with Crippen LogP contribution in [-0.2, 0) is 7.05 Å². The minimum atomic E-state index is 0.471. The zero-order valence-corrected chi connectivity index (χ0v) is 10.8. The molecule has 0 bridgehead atoms. The lowest BCUT2D eigenvalue weighted by Gasteiger charge is -2.03. The van der Waals surface area contributed by atoms with Gasteiger partial charge in [-0.2, -0.15) is 9.78 Å². The van der Waals surface area contributed by atoms with E-state index in [1.54, 1.807) is 27.7 Å². The summed E-state index contributed by atoms with van der Waals surface area (Å²) < 4.78 is 3.27. The van der Waals surface area contributed by atoms with Crippen LogP contribution in [0.15, 0.2) is 30.6 Å². The molecule has 0 aliphatic heterocycles. The van der Waals surface area contributed by atoms with Gasteiger partial charge in [-0.15, -0.1) is 5.10 Å². The van der Waals surface area contributed by atoms with Gasteiger partial charge < -0.3 is 5.73 Å². The predicted molar refractivity (Wildman–Crippen MR) is 70.8 cm³/mol. The van der Waals surface area contributed by atoms with Crippen molar-refractivity contribution in [2.75, 3.05) is 5.73 Å². The molecule has 2 aromatic heterocycles. The van der Waals surface area contributed by atoms with Gasteiger partial charge in [-0.25, -0.2) is 0 Å². The van der Waals surface area contributed by atoms with Gasteiger partial charge in [-0.3, -0.25) is 4.68 Å². The van der Waals surface area contributed by atoms with Crippen LogP contribution in [0.3, 0.4) is 0 Å². The van der Waals surface area contributed by atoms with Crippen molar-refractivity contribution in [3.05, 3.63) is 35.6 Å². The summed E-state index contributed by atoms with van der Waals surface area (Å²) in [5.41, 5.74) is 7.77. The minimum absolute atomic E-state index is 0.471. The van der Waals surface area contributed by atoms with Crippen LogP contribution in [0.25, 0.3) is 17.1 Å². The van der Waals surface area contributed by atoms with Gasteiger partial charge in [-0.1, -0.05) is 11.6 Å². The van der Waals surface area contributed by atoms with Crippen LogP contribution < -0.4 is 5.73 Å². The Morgan fingerprint density at radius 1 is 1.32 bits per heavy atom. The molecular weight excluding hydrogens is 266 g/mol. The van der Waals surface area contributed by atoms with Crippen LogP contribution in [0.5, 0.6) is 0 Å². The molecule has 0 aliphatic rings. The number of tetrazole rings is 1. The van der Waals surface area contributed by atoms with Gasteiger partial charge in [0.05, 0.1) is 23.1 Å². The number of aromatic nitrogens is 6. The zero-order valence-electron chi connectivity index (χ0n) is 10.0. The summed E-state index contributed by atoms with van der Waals surface area (Å²) in [5.74, 6) is 0.579. The highest BCUT2D eigenvalue weighted by Crippen LogP contribution is 2.26. The van der Waals surface area contributed by atoms with E-state index in [-0.39, 0.29) is 0 Å². The van der Waals surface area contributed by atoms with Crippen molar-refractivity contribution in [3.8, 4) is 17.1 Å². The lowest BCUT2D eigenvalue weighted by Crippen LogP contribution is -1.99. The maximum absolute atomic E-state index is 6.01. The van der Waals surface area contributed by atoms with E-state index in [0.717, 1.165) is 11.3 Å². The highest BCUT2D eigenvalue weighted by molar-refractivity contribution is 6.33. The Labute approximate surface area is 113 Å². The van der Waals surface area contributed by atoms with Crippen LogP contribution >= 0.6 is 11.6 Å². The van der Waals surface area contributed by atoms with E-state index < -0.39 is 0 Å². The first-order chi connectivity index (χ1) is 9.15. The topological polar surface area (TPSA) is 87.4 Å². The summed E-state index contributed by atoms with van der Waals surface area (Å²) >= 11 is 6.01. The number of aryl methyl sites for hydroxylation is 1. The van der Waals surface area contributed by atoms with Crippen molar-refractivity contribution in [2.45, 2.75) is 0 Å². The average Bonchev–Trinajstić information content (AvgIpc) is 3.00. The van der Waals surface area contributed by atoms with Crippen molar-refractivity contribution in [1.29, 1.82) is 0 Å².